The minimum Gasteiger partial charge on any atom is -0.459 e. The SMILES string of the molecule is O=C(Cn1cc(S(=O)(=O)Cc2cccc(F)c2)c2ccccc21)N1CCN(C(=O)c2ccco2)CC1. The van der Waals surface area contributed by atoms with Crippen molar-refractivity contribution in [2.24, 2.45) is 0 Å². The fourth-order valence-corrected chi connectivity index (χ4v) is 6.05. The zero-order valence-corrected chi connectivity index (χ0v) is 20.2. The molecule has 1 aliphatic heterocycles. The topological polar surface area (TPSA) is 92.8 Å². The quantitative estimate of drug-likeness (QED) is 0.398. The van der Waals surface area contributed by atoms with Gasteiger partial charge in [-0.2, -0.15) is 0 Å². The number of para-hydroxylation sites is 1. The second-order valence-electron chi connectivity index (χ2n) is 8.68. The second-order valence-corrected chi connectivity index (χ2v) is 10.6. The summed E-state index contributed by atoms with van der Waals surface area (Å²) < 4.78 is 46.9. The van der Waals surface area contributed by atoms with Crippen LogP contribution in [0, 0.1) is 5.82 Å². The number of furan rings is 1. The van der Waals surface area contributed by atoms with Crippen molar-refractivity contribution in [3.8, 4) is 0 Å². The molecule has 1 fully saturated rings. The van der Waals surface area contributed by atoms with E-state index < -0.39 is 15.7 Å². The molecule has 2 aromatic carbocycles. The maximum absolute atomic E-state index is 13.6. The predicted octanol–water partition coefficient (Wildman–Crippen LogP) is 3.33. The van der Waals surface area contributed by atoms with Crippen LogP contribution >= 0.6 is 0 Å². The van der Waals surface area contributed by atoms with Crippen LogP contribution in [0.1, 0.15) is 16.1 Å². The van der Waals surface area contributed by atoms with Gasteiger partial charge in [0, 0.05) is 43.3 Å². The third-order valence-corrected chi connectivity index (χ3v) is 8.00. The molecule has 0 radical (unpaired) electrons. The van der Waals surface area contributed by atoms with Gasteiger partial charge in [0.2, 0.25) is 5.91 Å². The summed E-state index contributed by atoms with van der Waals surface area (Å²) in [5.41, 5.74) is 0.972. The first kappa shape index (κ1) is 23.8. The molecule has 4 aromatic rings. The molecular formula is C26H24FN3O5S. The Hall–Kier alpha value is -3.92. The Morgan fingerprint density at radius 1 is 0.917 bits per heavy atom. The lowest BCUT2D eigenvalue weighted by atomic mass is 10.2. The van der Waals surface area contributed by atoms with Crippen LogP contribution in [0.5, 0.6) is 0 Å². The molecule has 0 aliphatic carbocycles. The van der Waals surface area contributed by atoms with Gasteiger partial charge in [0.15, 0.2) is 15.6 Å². The van der Waals surface area contributed by atoms with Crippen LogP contribution < -0.4 is 0 Å². The second kappa shape index (κ2) is 9.62. The zero-order chi connectivity index (χ0) is 25.3. The highest BCUT2D eigenvalue weighted by Gasteiger charge is 2.27. The summed E-state index contributed by atoms with van der Waals surface area (Å²) in [6.45, 7) is 1.46. The molecule has 0 saturated carbocycles. The van der Waals surface area contributed by atoms with Crippen molar-refractivity contribution in [1.82, 2.24) is 14.4 Å². The fraction of sp³-hybridized carbons (Fsp3) is 0.231. The van der Waals surface area contributed by atoms with Crippen molar-refractivity contribution in [2.75, 3.05) is 26.2 Å². The monoisotopic (exact) mass is 509 g/mol. The fourth-order valence-electron chi connectivity index (χ4n) is 4.48. The van der Waals surface area contributed by atoms with Crippen molar-refractivity contribution in [1.29, 1.82) is 0 Å². The number of carbonyl (C=O) groups is 2. The highest BCUT2D eigenvalue weighted by Crippen LogP contribution is 2.28. The predicted molar refractivity (Wildman–Crippen MR) is 130 cm³/mol. The number of nitrogens with zero attached hydrogens (tertiary/aromatic N) is 3. The van der Waals surface area contributed by atoms with Crippen molar-refractivity contribution in [3.05, 3.63) is 90.3 Å². The van der Waals surface area contributed by atoms with E-state index in [0.29, 0.717) is 42.6 Å². The van der Waals surface area contributed by atoms with E-state index in [0.717, 1.165) is 0 Å². The van der Waals surface area contributed by atoms with E-state index in [4.69, 9.17) is 4.42 Å². The minimum absolute atomic E-state index is 0.0396. The van der Waals surface area contributed by atoms with Crippen molar-refractivity contribution in [2.45, 2.75) is 17.2 Å². The molecule has 0 spiro atoms. The van der Waals surface area contributed by atoms with E-state index in [1.54, 1.807) is 56.8 Å². The number of amides is 2. The summed E-state index contributed by atoms with van der Waals surface area (Å²) in [5.74, 6) is -0.966. The van der Waals surface area contributed by atoms with Crippen LogP contribution in [0.15, 0.2) is 82.4 Å². The number of hydrogen-bond acceptors (Lipinski definition) is 5. The van der Waals surface area contributed by atoms with Crippen LogP contribution in [0.25, 0.3) is 10.9 Å². The Kier molecular flexibility index (Phi) is 6.36. The molecule has 1 saturated heterocycles. The van der Waals surface area contributed by atoms with Gasteiger partial charge in [0.05, 0.1) is 16.9 Å². The lowest BCUT2D eigenvalue weighted by Crippen LogP contribution is -2.51. The molecule has 1 aliphatic rings. The maximum atomic E-state index is 13.6. The number of piperazine rings is 1. The van der Waals surface area contributed by atoms with Gasteiger partial charge in [-0.05, 0) is 35.9 Å². The van der Waals surface area contributed by atoms with E-state index in [1.165, 1.54) is 30.7 Å². The summed E-state index contributed by atoms with van der Waals surface area (Å²) in [6, 6.07) is 15.8. The number of benzene rings is 2. The molecule has 2 aromatic heterocycles. The van der Waals surface area contributed by atoms with E-state index >= 15 is 0 Å². The Morgan fingerprint density at radius 2 is 1.67 bits per heavy atom. The molecule has 36 heavy (non-hydrogen) atoms. The molecule has 8 nitrogen and oxygen atoms in total. The summed E-state index contributed by atoms with van der Waals surface area (Å²) >= 11 is 0. The smallest absolute Gasteiger partial charge is 0.289 e. The largest absolute Gasteiger partial charge is 0.459 e. The number of carbonyl (C=O) groups excluding carboxylic acids is 2. The van der Waals surface area contributed by atoms with E-state index in [2.05, 4.69) is 0 Å². The lowest BCUT2D eigenvalue weighted by molar-refractivity contribution is -0.133. The van der Waals surface area contributed by atoms with Gasteiger partial charge in [-0.15, -0.1) is 0 Å². The summed E-state index contributed by atoms with van der Waals surface area (Å²) in [7, 11) is -3.80. The van der Waals surface area contributed by atoms with Gasteiger partial charge in [-0.25, -0.2) is 12.8 Å². The molecule has 0 N–H and O–H groups in total. The van der Waals surface area contributed by atoms with Gasteiger partial charge in [0.1, 0.15) is 12.4 Å². The third kappa shape index (κ3) is 4.76. The van der Waals surface area contributed by atoms with Gasteiger partial charge >= 0.3 is 0 Å². The lowest BCUT2D eigenvalue weighted by Gasteiger charge is -2.34. The van der Waals surface area contributed by atoms with E-state index in [-0.39, 0.29) is 34.8 Å². The Labute approximate surface area is 207 Å². The number of hydrogen-bond donors (Lipinski definition) is 0. The normalized spacial score (nSPS) is 14.4. The Morgan fingerprint density at radius 3 is 2.39 bits per heavy atom. The summed E-state index contributed by atoms with van der Waals surface area (Å²) in [4.78, 5) is 29.0. The highest BCUT2D eigenvalue weighted by atomic mass is 32.2. The van der Waals surface area contributed by atoms with E-state index in [1.807, 2.05) is 0 Å². The van der Waals surface area contributed by atoms with Crippen LogP contribution in [0.3, 0.4) is 0 Å². The van der Waals surface area contributed by atoms with Crippen molar-refractivity contribution >= 4 is 32.6 Å². The van der Waals surface area contributed by atoms with Gasteiger partial charge in [-0.3, -0.25) is 9.59 Å². The first-order valence-corrected chi connectivity index (χ1v) is 13.1. The molecule has 3 heterocycles. The molecule has 10 heteroatoms. The van der Waals surface area contributed by atoms with Gasteiger partial charge in [0.25, 0.3) is 5.91 Å². The van der Waals surface area contributed by atoms with Crippen molar-refractivity contribution < 1.29 is 26.8 Å². The molecule has 2 amide bonds. The molecule has 5 rings (SSSR count). The summed E-state index contributed by atoms with van der Waals surface area (Å²) in [6.07, 6.45) is 2.93. The van der Waals surface area contributed by atoms with Crippen molar-refractivity contribution in [3.63, 3.8) is 0 Å². The van der Waals surface area contributed by atoms with Gasteiger partial charge in [-0.1, -0.05) is 30.3 Å². The third-order valence-electron chi connectivity index (χ3n) is 6.29. The van der Waals surface area contributed by atoms with Crippen LogP contribution in [0.2, 0.25) is 0 Å². The van der Waals surface area contributed by atoms with Crippen LogP contribution in [-0.4, -0.2) is 60.8 Å². The molecule has 186 valence electrons. The number of rotatable bonds is 6. The Bertz CT molecular complexity index is 1520. The number of fused-ring (bicyclic) bond motifs is 1. The number of aromatic nitrogens is 1. The molecular weight excluding hydrogens is 485 g/mol. The standard InChI is InChI=1S/C26H24FN3O5S/c27-20-6-3-5-19(15-20)18-36(33,34)24-16-30(22-8-2-1-7-21(22)24)17-25(31)28-10-12-29(13-11-28)26(32)23-9-4-14-35-23/h1-9,14-16H,10-13,17-18H2. The number of halogens is 1. The molecule has 0 bridgehead atoms. The highest BCUT2D eigenvalue weighted by molar-refractivity contribution is 7.90. The average molecular weight is 510 g/mol. The summed E-state index contributed by atoms with van der Waals surface area (Å²) in [5, 5.41) is 0.510. The first-order chi connectivity index (χ1) is 17.3. The zero-order valence-electron chi connectivity index (χ0n) is 19.3. The first-order valence-electron chi connectivity index (χ1n) is 11.5. The van der Waals surface area contributed by atoms with Crippen LogP contribution in [0.4, 0.5) is 4.39 Å². The molecule has 0 atom stereocenters. The maximum Gasteiger partial charge on any atom is 0.289 e. The van der Waals surface area contributed by atoms with E-state index in [9.17, 15) is 22.4 Å². The number of sulfone groups is 1. The molecule has 0 unspecified atom stereocenters. The minimum atomic E-state index is -3.80. The van der Waals surface area contributed by atoms with Crippen LogP contribution in [-0.2, 0) is 26.9 Å². The average Bonchev–Trinajstić information content (AvgIpc) is 3.53. The van der Waals surface area contributed by atoms with Gasteiger partial charge < -0.3 is 18.8 Å². The Balaban J connectivity index is 1.32.